The summed E-state index contributed by atoms with van der Waals surface area (Å²) in [6, 6.07) is -0.309. The number of hydrogen-bond donors (Lipinski definition) is 3. The average molecular weight is 355 g/mol. The lowest BCUT2D eigenvalue weighted by molar-refractivity contribution is -0.117. The second kappa shape index (κ2) is 7.04. The molecule has 0 radical (unpaired) electrons. The van der Waals surface area contributed by atoms with Crippen molar-refractivity contribution in [2.75, 3.05) is 11.5 Å². The van der Waals surface area contributed by atoms with Crippen LogP contribution in [0, 0.1) is 17.8 Å². The number of nitrogen functional groups attached to an aromatic ring is 1. The molecule has 7 nitrogen and oxygen atoms in total. The molecule has 3 amide bonds. The molecule has 4 N–H and O–H groups in total. The highest BCUT2D eigenvalue weighted by Gasteiger charge is 2.42. The first kappa shape index (κ1) is 16.5. The second-order valence-electron chi connectivity index (χ2n) is 6.34. The van der Waals surface area contributed by atoms with Crippen molar-refractivity contribution in [3.05, 3.63) is 0 Å². The van der Waals surface area contributed by atoms with Crippen molar-refractivity contribution in [3.63, 3.8) is 0 Å². The highest BCUT2D eigenvalue weighted by atomic mass is 32.2. The number of aromatic nitrogens is 2. The smallest absolute Gasteiger partial charge is 0.321 e. The second-order valence-corrected chi connectivity index (χ2v) is 8.58. The Kier molecular flexibility index (Phi) is 5.05. The number of nitrogens with two attached hydrogens (primary N) is 1. The molecule has 2 aliphatic carbocycles. The maximum absolute atomic E-state index is 11.9. The summed E-state index contributed by atoms with van der Waals surface area (Å²) in [5, 5.41) is 13.1. The van der Waals surface area contributed by atoms with E-state index in [4.69, 9.17) is 5.73 Å². The van der Waals surface area contributed by atoms with Crippen LogP contribution in [0.25, 0.3) is 0 Å². The molecule has 0 saturated heterocycles. The average Bonchev–Trinajstić information content (AvgIpc) is 3.21. The minimum absolute atomic E-state index is 0.105. The summed E-state index contributed by atoms with van der Waals surface area (Å²) in [4.78, 5) is 23.7. The van der Waals surface area contributed by atoms with Crippen LogP contribution in [-0.4, -0.2) is 33.9 Å². The van der Waals surface area contributed by atoms with Crippen LogP contribution < -0.4 is 16.4 Å². The topological polar surface area (TPSA) is 110 Å². The lowest BCUT2D eigenvalue weighted by atomic mass is 9.84. The fourth-order valence-electron chi connectivity index (χ4n) is 3.82. The van der Waals surface area contributed by atoms with Crippen LogP contribution in [0.5, 0.6) is 0 Å². The molecule has 2 aliphatic rings. The predicted octanol–water partition coefficient (Wildman–Crippen LogP) is 1.86. The first-order valence-corrected chi connectivity index (χ1v) is 9.63. The molecule has 1 aromatic rings. The van der Waals surface area contributed by atoms with Crippen molar-refractivity contribution < 1.29 is 9.59 Å². The summed E-state index contributed by atoms with van der Waals surface area (Å²) in [5.41, 5.74) is 5.47. The van der Waals surface area contributed by atoms with Crippen molar-refractivity contribution in [2.45, 2.75) is 43.0 Å². The summed E-state index contributed by atoms with van der Waals surface area (Å²) in [6.07, 6.45) is 5.13. The maximum atomic E-state index is 11.9. The molecular weight excluding hydrogens is 334 g/mol. The predicted molar refractivity (Wildman–Crippen MR) is 90.1 cm³/mol. The molecule has 2 bridgehead atoms. The number of imide groups is 1. The van der Waals surface area contributed by atoms with Crippen molar-refractivity contribution in [3.8, 4) is 0 Å². The van der Waals surface area contributed by atoms with Crippen molar-refractivity contribution in [1.82, 2.24) is 20.8 Å². The molecule has 9 heteroatoms. The van der Waals surface area contributed by atoms with Crippen molar-refractivity contribution >= 4 is 40.2 Å². The van der Waals surface area contributed by atoms with Gasteiger partial charge >= 0.3 is 6.03 Å². The van der Waals surface area contributed by atoms with Gasteiger partial charge in [-0.1, -0.05) is 29.5 Å². The Morgan fingerprint density at radius 2 is 2.22 bits per heavy atom. The van der Waals surface area contributed by atoms with E-state index in [-0.39, 0.29) is 17.7 Å². The number of carbonyl (C=O) groups excluding carboxylic acids is 2. The first-order chi connectivity index (χ1) is 11.0. The Hall–Kier alpha value is -1.35. The fourth-order valence-corrected chi connectivity index (χ4v) is 5.26. The molecule has 23 heavy (non-hydrogen) atoms. The highest BCUT2D eigenvalue weighted by Crippen LogP contribution is 2.49. The van der Waals surface area contributed by atoms with Gasteiger partial charge in [0.25, 0.3) is 0 Å². The van der Waals surface area contributed by atoms with Crippen LogP contribution in [0.4, 0.5) is 9.93 Å². The van der Waals surface area contributed by atoms with E-state index in [0.29, 0.717) is 15.4 Å². The van der Waals surface area contributed by atoms with Crippen LogP contribution in [0.2, 0.25) is 0 Å². The third kappa shape index (κ3) is 4.14. The zero-order valence-corrected chi connectivity index (χ0v) is 14.6. The van der Waals surface area contributed by atoms with Gasteiger partial charge in [-0.15, -0.1) is 10.2 Å². The van der Waals surface area contributed by atoms with E-state index in [1.165, 1.54) is 48.8 Å². The van der Waals surface area contributed by atoms with Gasteiger partial charge in [0, 0.05) is 6.04 Å². The number of thioether (sulfide) groups is 1. The molecule has 126 valence electrons. The van der Waals surface area contributed by atoms with E-state index < -0.39 is 6.03 Å². The zero-order valence-electron chi connectivity index (χ0n) is 12.9. The van der Waals surface area contributed by atoms with Gasteiger partial charge in [-0.25, -0.2) is 4.79 Å². The number of amides is 3. The molecule has 1 heterocycles. The minimum Gasteiger partial charge on any atom is -0.374 e. The largest absolute Gasteiger partial charge is 0.374 e. The summed E-state index contributed by atoms with van der Waals surface area (Å²) in [7, 11) is 0. The Morgan fingerprint density at radius 3 is 2.83 bits per heavy atom. The number of anilines is 1. The van der Waals surface area contributed by atoms with Gasteiger partial charge in [0.15, 0.2) is 4.34 Å². The van der Waals surface area contributed by atoms with Crippen LogP contribution in [0.15, 0.2) is 4.34 Å². The SMILES string of the molecule is C[C@H](NC(=O)NC(=O)CSc1nnc(N)s1)[C@@H]1C[C@H]2CC[C@H]1C2. The van der Waals surface area contributed by atoms with Gasteiger partial charge in [-0.05, 0) is 43.9 Å². The van der Waals surface area contributed by atoms with Crippen LogP contribution in [-0.2, 0) is 4.79 Å². The Balaban J connectivity index is 1.39. The van der Waals surface area contributed by atoms with E-state index in [9.17, 15) is 9.59 Å². The quantitative estimate of drug-likeness (QED) is 0.696. The van der Waals surface area contributed by atoms with Crippen LogP contribution >= 0.6 is 23.1 Å². The van der Waals surface area contributed by atoms with Gasteiger partial charge < -0.3 is 11.1 Å². The molecule has 0 spiro atoms. The van der Waals surface area contributed by atoms with E-state index in [1.807, 2.05) is 6.92 Å². The van der Waals surface area contributed by atoms with Crippen molar-refractivity contribution in [2.24, 2.45) is 17.8 Å². The minimum atomic E-state index is -0.414. The first-order valence-electron chi connectivity index (χ1n) is 7.83. The maximum Gasteiger partial charge on any atom is 0.321 e. The lowest BCUT2D eigenvalue weighted by Crippen LogP contribution is -2.47. The van der Waals surface area contributed by atoms with Crippen LogP contribution in [0.1, 0.15) is 32.6 Å². The lowest BCUT2D eigenvalue weighted by Gasteiger charge is -2.28. The summed E-state index contributed by atoms with van der Waals surface area (Å²) < 4.78 is 0.619. The van der Waals surface area contributed by atoms with Crippen LogP contribution in [0.3, 0.4) is 0 Å². The molecule has 2 saturated carbocycles. The molecule has 0 aromatic carbocycles. The zero-order chi connectivity index (χ0) is 16.4. The van der Waals surface area contributed by atoms with E-state index in [1.54, 1.807) is 0 Å². The molecule has 3 rings (SSSR count). The Bertz CT molecular complexity index is 593. The number of fused-ring (bicyclic) bond motifs is 2. The summed E-state index contributed by atoms with van der Waals surface area (Å²) >= 11 is 2.44. The van der Waals surface area contributed by atoms with Gasteiger partial charge in [-0.2, -0.15) is 0 Å². The molecule has 0 aliphatic heterocycles. The Labute approximate surface area is 143 Å². The highest BCUT2D eigenvalue weighted by molar-refractivity contribution is 8.01. The molecule has 0 unspecified atom stereocenters. The number of nitrogens with one attached hydrogen (secondary N) is 2. The van der Waals surface area contributed by atoms with Gasteiger partial charge in [-0.3, -0.25) is 10.1 Å². The number of rotatable bonds is 5. The number of urea groups is 1. The number of carbonyl (C=O) groups is 2. The summed E-state index contributed by atoms with van der Waals surface area (Å²) in [6.45, 7) is 2.04. The van der Waals surface area contributed by atoms with Gasteiger partial charge in [0.2, 0.25) is 11.0 Å². The normalized spacial score (nSPS) is 26.9. The van der Waals surface area contributed by atoms with Gasteiger partial charge in [0.1, 0.15) is 0 Å². The van der Waals surface area contributed by atoms with Crippen molar-refractivity contribution in [1.29, 1.82) is 0 Å². The monoisotopic (exact) mass is 355 g/mol. The molecule has 1 aromatic heterocycles. The third-order valence-corrected chi connectivity index (χ3v) is 6.68. The summed E-state index contributed by atoms with van der Waals surface area (Å²) in [5.74, 6) is 1.90. The molecular formula is C14H21N5O2S2. The van der Waals surface area contributed by atoms with Gasteiger partial charge in [0.05, 0.1) is 5.75 Å². The fraction of sp³-hybridized carbons (Fsp3) is 0.714. The standard InChI is InChI=1S/C14H21N5O2S2/c1-7(10-5-8-2-3-9(10)4-8)16-13(21)17-11(20)6-22-14-19-18-12(15)23-14/h7-10H,2-6H2,1H3,(H2,15,18)(H2,16,17,20,21)/t7-,8-,9-,10-/m0/s1. The third-order valence-electron chi connectivity index (χ3n) is 4.80. The molecule has 2 fully saturated rings. The van der Waals surface area contributed by atoms with E-state index >= 15 is 0 Å². The Morgan fingerprint density at radius 1 is 1.39 bits per heavy atom. The van der Waals surface area contributed by atoms with E-state index in [2.05, 4.69) is 20.8 Å². The number of hydrogen-bond acceptors (Lipinski definition) is 7. The van der Waals surface area contributed by atoms with E-state index in [0.717, 1.165) is 11.8 Å². The number of nitrogens with zero attached hydrogens (tertiary/aromatic N) is 2. The molecule has 4 atom stereocenters.